The largest absolute Gasteiger partial charge is 0.488 e. The molecule has 2 rings (SSSR count). The first-order chi connectivity index (χ1) is 15.7. The molecule has 1 heterocycles. The first-order valence-corrected chi connectivity index (χ1v) is 12.1. The lowest BCUT2D eigenvalue weighted by molar-refractivity contribution is -0.0674. The van der Waals surface area contributed by atoms with Gasteiger partial charge in [0.1, 0.15) is 12.4 Å². The van der Waals surface area contributed by atoms with Gasteiger partial charge in [-0.2, -0.15) is 0 Å². The van der Waals surface area contributed by atoms with E-state index < -0.39 is 0 Å². The SMILES string of the molecule is CCCCCCOCCOc1cnc(-c2ccccc2OC(C)OCCCCCC)nc1. The minimum atomic E-state index is -0.331. The van der Waals surface area contributed by atoms with Crippen molar-refractivity contribution in [3.05, 3.63) is 36.7 Å². The van der Waals surface area contributed by atoms with Gasteiger partial charge in [-0.15, -0.1) is 0 Å². The van der Waals surface area contributed by atoms with Crippen LogP contribution in [0.1, 0.15) is 72.1 Å². The van der Waals surface area contributed by atoms with Crippen molar-refractivity contribution in [3.63, 3.8) is 0 Å². The molecule has 0 aliphatic carbocycles. The summed E-state index contributed by atoms with van der Waals surface area (Å²) in [5.74, 6) is 1.93. The summed E-state index contributed by atoms with van der Waals surface area (Å²) in [7, 11) is 0. The third-order valence-electron chi connectivity index (χ3n) is 5.04. The number of para-hydroxylation sites is 1. The summed E-state index contributed by atoms with van der Waals surface area (Å²) in [6.45, 7) is 8.88. The second kappa shape index (κ2) is 16.5. The molecule has 0 aliphatic rings. The van der Waals surface area contributed by atoms with Crippen LogP contribution in [0.3, 0.4) is 0 Å². The lowest BCUT2D eigenvalue weighted by Gasteiger charge is -2.17. The molecule has 178 valence electrons. The molecule has 1 aromatic heterocycles. The van der Waals surface area contributed by atoms with Crippen LogP contribution in [0.5, 0.6) is 11.5 Å². The highest BCUT2D eigenvalue weighted by Gasteiger charge is 2.12. The number of hydrogen-bond donors (Lipinski definition) is 0. The first kappa shape index (κ1) is 26.1. The van der Waals surface area contributed by atoms with Gasteiger partial charge in [0.15, 0.2) is 17.9 Å². The quantitative estimate of drug-likeness (QED) is 0.195. The molecule has 0 N–H and O–H groups in total. The number of ether oxygens (including phenoxy) is 4. The fourth-order valence-corrected chi connectivity index (χ4v) is 3.23. The van der Waals surface area contributed by atoms with Crippen molar-refractivity contribution in [1.29, 1.82) is 0 Å². The number of nitrogens with zero attached hydrogens (tertiary/aromatic N) is 2. The van der Waals surface area contributed by atoms with Gasteiger partial charge in [-0.1, -0.05) is 64.5 Å². The number of hydrogen-bond acceptors (Lipinski definition) is 6. The van der Waals surface area contributed by atoms with E-state index in [2.05, 4.69) is 23.8 Å². The molecule has 6 nitrogen and oxygen atoms in total. The molecule has 0 radical (unpaired) electrons. The summed E-state index contributed by atoms with van der Waals surface area (Å²) in [5.41, 5.74) is 0.830. The van der Waals surface area contributed by atoms with Gasteiger partial charge >= 0.3 is 0 Å². The molecule has 0 amide bonds. The molecule has 0 fully saturated rings. The van der Waals surface area contributed by atoms with Crippen LogP contribution in [0.25, 0.3) is 11.4 Å². The minimum Gasteiger partial charge on any atom is -0.488 e. The van der Waals surface area contributed by atoms with Crippen molar-refractivity contribution in [3.8, 4) is 22.9 Å². The Hall–Kier alpha value is -2.18. The predicted molar refractivity (Wildman–Crippen MR) is 128 cm³/mol. The molecule has 1 aromatic carbocycles. The van der Waals surface area contributed by atoms with Gasteiger partial charge in [-0.3, -0.25) is 0 Å². The maximum absolute atomic E-state index is 6.01. The summed E-state index contributed by atoms with van der Waals surface area (Å²) in [6, 6.07) is 7.75. The molecule has 1 unspecified atom stereocenters. The van der Waals surface area contributed by atoms with Crippen LogP contribution in [0.2, 0.25) is 0 Å². The standard InChI is InChI=1S/C26H40N2O4/c1-4-6-8-12-16-29-18-19-31-23-20-27-26(28-21-23)24-14-10-11-15-25(24)32-22(3)30-17-13-9-7-5-2/h10-11,14-15,20-22H,4-9,12-13,16-19H2,1-3H3. The Kier molecular flexibility index (Phi) is 13.4. The monoisotopic (exact) mass is 444 g/mol. The van der Waals surface area contributed by atoms with Gasteiger partial charge < -0.3 is 18.9 Å². The summed E-state index contributed by atoms with van der Waals surface area (Å²) in [6.07, 6.45) is 12.6. The molecular formula is C26H40N2O4. The first-order valence-electron chi connectivity index (χ1n) is 12.1. The maximum Gasteiger partial charge on any atom is 0.197 e. The number of aromatic nitrogens is 2. The predicted octanol–water partition coefficient (Wildman–Crippen LogP) is 6.44. The molecular weight excluding hydrogens is 404 g/mol. The highest BCUT2D eigenvalue weighted by Crippen LogP contribution is 2.28. The van der Waals surface area contributed by atoms with Crippen molar-refractivity contribution in [2.24, 2.45) is 0 Å². The maximum atomic E-state index is 6.01. The number of benzene rings is 1. The van der Waals surface area contributed by atoms with Crippen LogP contribution in [-0.2, 0) is 9.47 Å². The second-order valence-electron chi connectivity index (χ2n) is 7.88. The van der Waals surface area contributed by atoms with Crippen molar-refractivity contribution < 1.29 is 18.9 Å². The Balaban J connectivity index is 1.78. The lowest BCUT2D eigenvalue weighted by Crippen LogP contribution is -2.17. The summed E-state index contributed by atoms with van der Waals surface area (Å²) >= 11 is 0. The molecule has 1 atom stereocenters. The van der Waals surface area contributed by atoms with Gasteiger partial charge in [0, 0.05) is 6.61 Å². The molecule has 0 aliphatic heterocycles. The minimum absolute atomic E-state index is 0.331. The Labute approximate surface area is 193 Å². The highest BCUT2D eigenvalue weighted by molar-refractivity contribution is 5.63. The normalized spacial score (nSPS) is 12.0. The van der Waals surface area contributed by atoms with Crippen molar-refractivity contribution >= 4 is 0 Å². The average Bonchev–Trinajstić information content (AvgIpc) is 2.81. The Morgan fingerprint density at radius 3 is 2.19 bits per heavy atom. The second-order valence-corrected chi connectivity index (χ2v) is 7.88. The molecule has 32 heavy (non-hydrogen) atoms. The third kappa shape index (κ3) is 10.4. The topological polar surface area (TPSA) is 62.7 Å². The summed E-state index contributed by atoms with van der Waals surface area (Å²) < 4.78 is 23.1. The van der Waals surface area contributed by atoms with Crippen LogP contribution in [0.4, 0.5) is 0 Å². The summed E-state index contributed by atoms with van der Waals surface area (Å²) in [4.78, 5) is 8.93. The molecule has 0 saturated carbocycles. The number of rotatable bonds is 18. The van der Waals surface area contributed by atoms with Crippen LogP contribution in [0.15, 0.2) is 36.7 Å². The van der Waals surface area contributed by atoms with Crippen LogP contribution in [0, 0.1) is 0 Å². The van der Waals surface area contributed by atoms with E-state index in [1.807, 2.05) is 31.2 Å². The third-order valence-corrected chi connectivity index (χ3v) is 5.04. The van der Waals surface area contributed by atoms with Crippen LogP contribution >= 0.6 is 0 Å². The number of unbranched alkanes of at least 4 members (excludes halogenated alkanes) is 6. The van der Waals surface area contributed by atoms with E-state index in [0.29, 0.717) is 37.1 Å². The fraction of sp³-hybridized carbons (Fsp3) is 0.615. The van der Waals surface area contributed by atoms with Crippen molar-refractivity contribution in [2.45, 2.75) is 78.4 Å². The van der Waals surface area contributed by atoms with Gasteiger partial charge in [0.2, 0.25) is 0 Å². The van der Waals surface area contributed by atoms with E-state index in [4.69, 9.17) is 18.9 Å². The van der Waals surface area contributed by atoms with Gasteiger partial charge in [-0.05, 0) is 31.9 Å². The molecule has 2 aromatic rings. The van der Waals surface area contributed by atoms with E-state index >= 15 is 0 Å². The van der Waals surface area contributed by atoms with Gasteiger partial charge in [0.05, 0.1) is 31.2 Å². The molecule has 0 spiro atoms. The van der Waals surface area contributed by atoms with Crippen molar-refractivity contribution in [1.82, 2.24) is 9.97 Å². The van der Waals surface area contributed by atoms with E-state index in [1.165, 1.54) is 38.5 Å². The van der Waals surface area contributed by atoms with Gasteiger partial charge in [-0.25, -0.2) is 9.97 Å². The Morgan fingerprint density at radius 2 is 1.47 bits per heavy atom. The zero-order chi connectivity index (χ0) is 22.9. The zero-order valence-electron chi connectivity index (χ0n) is 20.1. The Morgan fingerprint density at radius 1 is 0.781 bits per heavy atom. The van der Waals surface area contributed by atoms with Gasteiger partial charge in [0.25, 0.3) is 0 Å². The van der Waals surface area contributed by atoms with Crippen LogP contribution in [-0.4, -0.2) is 42.7 Å². The highest BCUT2D eigenvalue weighted by atomic mass is 16.7. The van der Waals surface area contributed by atoms with E-state index in [9.17, 15) is 0 Å². The zero-order valence-corrected chi connectivity index (χ0v) is 20.1. The molecule has 6 heteroatoms. The average molecular weight is 445 g/mol. The molecule has 0 bridgehead atoms. The van der Waals surface area contributed by atoms with Crippen molar-refractivity contribution in [2.75, 3.05) is 26.4 Å². The summed E-state index contributed by atoms with van der Waals surface area (Å²) in [5, 5.41) is 0. The smallest absolute Gasteiger partial charge is 0.197 e. The molecule has 0 saturated heterocycles. The van der Waals surface area contributed by atoms with E-state index in [-0.39, 0.29) is 6.29 Å². The van der Waals surface area contributed by atoms with E-state index in [1.54, 1.807) is 12.4 Å². The van der Waals surface area contributed by atoms with Crippen LogP contribution < -0.4 is 9.47 Å². The Bertz CT molecular complexity index is 724. The van der Waals surface area contributed by atoms with E-state index in [0.717, 1.165) is 25.0 Å². The fourth-order valence-electron chi connectivity index (χ4n) is 3.23. The lowest BCUT2D eigenvalue weighted by atomic mass is 10.2.